The smallest absolute Gasteiger partial charge is 0.247 e. The minimum absolute atomic E-state index is 0.759. The summed E-state index contributed by atoms with van der Waals surface area (Å²) < 4.78 is 10.2. The molecule has 0 unspecified atom stereocenters. The van der Waals surface area contributed by atoms with Gasteiger partial charge >= 0.3 is 0 Å². The van der Waals surface area contributed by atoms with E-state index in [1.54, 1.807) is 14.2 Å². The molecule has 0 heterocycles. The van der Waals surface area contributed by atoms with Crippen molar-refractivity contribution in [3.63, 3.8) is 0 Å². The number of hydrogen-bond acceptors (Lipinski definition) is 2. The topological polar surface area (TPSA) is 18.5 Å². The molecule has 0 aromatic rings. The van der Waals surface area contributed by atoms with Crippen molar-refractivity contribution in [2.75, 3.05) is 14.2 Å². The van der Waals surface area contributed by atoms with Crippen LogP contribution in [0.2, 0.25) is 0 Å². The van der Waals surface area contributed by atoms with E-state index < -0.39 is 5.25 Å². The Morgan fingerprint density at radius 1 is 0.867 bits per heavy atom. The Morgan fingerprint density at radius 3 is 1.80 bits per heavy atom. The lowest BCUT2D eigenvalue weighted by Gasteiger charge is -2.23. The molecule has 0 aliphatic carbocycles. The van der Waals surface area contributed by atoms with E-state index in [1.165, 1.54) is 38.5 Å². The molecule has 0 aromatic carbocycles. The van der Waals surface area contributed by atoms with Gasteiger partial charge in [0.15, 0.2) is 0 Å². The zero-order valence-electron chi connectivity index (χ0n) is 10.4. The maximum absolute atomic E-state index is 6.03. The van der Waals surface area contributed by atoms with Gasteiger partial charge in [-0.25, -0.2) is 0 Å². The highest BCUT2D eigenvalue weighted by atomic mass is 35.5. The molecule has 0 saturated carbocycles. The summed E-state index contributed by atoms with van der Waals surface area (Å²) in [5.41, 5.74) is 0. The molecular formula is C12H25ClO2. The van der Waals surface area contributed by atoms with Gasteiger partial charge in [0, 0.05) is 20.6 Å². The van der Waals surface area contributed by atoms with Crippen LogP contribution in [-0.2, 0) is 9.47 Å². The van der Waals surface area contributed by atoms with Gasteiger partial charge in [-0.1, -0.05) is 57.0 Å². The Morgan fingerprint density at radius 2 is 1.33 bits per heavy atom. The largest absolute Gasteiger partial charge is 0.341 e. The number of rotatable bonds is 10. The van der Waals surface area contributed by atoms with Crippen LogP contribution in [0.5, 0.6) is 0 Å². The zero-order valence-corrected chi connectivity index (χ0v) is 11.1. The van der Waals surface area contributed by atoms with Crippen LogP contribution < -0.4 is 0 Å². The van der Waals surface area contributed by atoms with E-state index in [0.717, 1.165) is 12.8 Å². The SMILES string of the molecule is CCCCCCCCCC(Cl)(OC)OC. The second-order valence-corrected chi connectivity index (χ2v) is 4.52. The fraction of sp³-hybridized carbons (Fsp3) is 1.00. The van der Waals surface area contributed by atoms with E-state index in [4.69, 9.17) is 21.1 Å². The van der Waals surface area contributed by atoms with Crippen LogP contribution in [0.25, 0.3) is 0 Å². The monoisotopic (exact) mass is 236 g/mol. The molecule has 2 nitrogen and oxygen atoms in total. The molecule has 0 aromatic heterocycles. The Bertz CT molecular complexity index is 136. The first-order chi connectivity index (χ1) is 7.18. The van der Waals surface area contributed by atoms with Crippen LogP contribution in [0, 0.1) is 0 Å². The third-order valence-corrected chi connectivity index (χ3v) is 3.19. The van der Waals surface area contributed by atoms with Crippen molar-refractivity contribution < 1.29 is 9.47 Å². The van der Waals surface area contributed by atoms with Crippen molar-refractivity contribution in [1.82, 2.24) is 0 Å². The second-order valence-electron chi connectivity index (χ2n) is 3.94. The fourth-order valence-corrected chi connectivity index (χ4v) is 1.71. The first kappa shape index (κ1) is 15.2. The third-order valence-electron chi connectivity index (χ3n) is 2.69. The average molecular weight is 237 g/mol. The first-order valence-electron chi connectivity index (χ1n) is 5.97. The lowest BCUT2D eigenvalue weighted by Crippen LogP contribution is -2.26. The van der Waals surface area contributed by atoms with Crippen molar-refractivity contribution in [2.24, 2.45) is 0 Å². The quantitative estimate of drug-likeness (QED) is 0.320. The summed E-state index contributed by atoms with van der Waals surface area (Å²) in [5, 5.41) is -0.899. The molecule has 0 saturated heterocycles. The summed E-state index contributed by atoms with van der Waals surface area (Å²) in [7, 11) is 3.16. The van der Waals surface area contributed by atoms with E-state index >= 15 is 0 Å². The molecule has 0 bridgehead atoms. The highest BCUT2D eigenvalue weighted by Crippen LogP contribution is 2.24. The standard InChI is InChI=1S/C12H25ClO2/c1-4-5-6-7-8-9-10-11-12(13,14-2)15-3/h4-11H2,1-3H3. The van der Waals surface area contributed by atoms with Gasteiger partial charge in [0.25, 0.3) is 0 Å². The lowest BCUT2D eigenvalue weighted by molar-refractivity contribution is -0.146. The van der Waals surface area contributed by atoms with Crippen molar-refractivity contribution in [1.29, 1.82) is 0 Å². The summed E-state index contributed by atoms with van der Waals surface area (Å²) in [5.74, 6) is 0. The van der Waals surface area contributed by atoms with Gasteiger partial charge in [-0.15, -0.1) is 0 Å². The van der Waals surface area contributed by atoms with Crippen LogP contribution in [0.3, 0.4) is 0 Å². The Balaban J connectivity index is 3.29. The summed E-state index contributed by atoms with van der Waals surface area (Å²) in [6.07, 6.45) is 9.69. The zero-order chi connectivity index (χ0) is 11.6. The maximum Gasteiger partial charge on any atom is 0.247 e. The molecule has 0 aliphatic heterocycles. The van der Waals surface area contributed by atoms with Gasteiger partial charge in [0.1, 0.15) is 0 Å². The van der Waals surface area contributed by atoms with Gasteiger partial charge in [-0.2, -0.15) is 0 Å². The molecule has 0 amide bonds. The van der Waals surface area contributed by atoms with Crippen LogP contribution in [-0.4, -0.2) is 19.5 Å². The molecule has 0 radical (unpaired) electrons. The van der Waals surface area contributed by atoms with E-state index in [-0.39, 0.29) is 0 Å². The minimum atomic E-state index is -0.899. The average Bonchev–Trinajstić information content (AvgIpc) is 2.27. The predicted molar refractivity (Wildman–Crippen MR) is 65.2 cm³/mol. The number of halogens is 1. The highest BCUT2D eigenvalue weighted by molar-refractivity contribution is 6.21. The molecule has 0 N–H and O–H groups in total. The minimum Gasteiger partial charge on any atom is -0.341 e. The van der Waals surface area contributed by atoms with Crippen molar-refractivity contribution >= 4 is 11.6 Å². The van der Waals surface area contributed by atoms with Gasteiger partial charge < -0.3 is 9.47 Å². The third kappa shape index (κ3) is 8.06. The van der Waals surface area contributed by atoms with Crippen LogP contribution in [0.4, 0.5) is 0 Å². The normalized spacial score (nSPS) is 12.0. The van der Waals surface area contributed by atoms with Crippen molar-refractivity contribution in [2.45, 2.75) is 63.5 Å². The molecule has 92 valence electrons. The molecule has 0 aliphatic rings. The van der Waals surface area contributed by atoms with E-state index in [9.17, 15) is 0 Å². The molecule has 0 fully saturated rings. The summed E-state index contributed by atoms with van der Waals surface area (Å²) in [4.78, 5) is 0. The van der Waals surface area contributed by atoms with E-state index in [2.05, 4.69) is 6.92 Å². The number of unbranched alkanes of at least 4 members (excludes halogenated alkanes) is 6. The molecule has 15 heavy (non-hydrogen) atoms. The lowest BCUT2D eigenvalue weighted by atomic mass is 10.1. The van der Waals surface area contributed by atoms with Gasteiger partial charge in [0.05, 0.1) is 0 Å². The Labute approximate surface area is 99.3 Å². The number of methoxy groups -OCH3 is 2. The van der Waals surface area contributed by atoms with E-state index in [0.29, 0.717) is 0 Å². The Hall–Kier alpha value is 0.210. The second kappa shape index (κ2) is 9.44. The summed E-state index contributed by atoms with van der Waals surface area (Å²) >= 11 is 6.03. The van der Waals surface area contributed by atoms with Crippen LogP contribution in [0.15, 0.2) is 0 Å². The number of ether oxygens (including phenoxy) is 2. The van der Waals surface area contributed by atoms with Crippen molar-refractivity contribution in [3.05, 3.63) is 0 Å². The van der Waals surface area contributed by atoms with Crippen LogP contribution in [0.1, 0.15) is 58.3 Å². The highest BCUT2D eigenvalue weighted by Gasteiger charge is 2.24. The van der Waals surface area contributed by atoms with Gasteiger partial charge in [0.2, 0.25) is 5.25 Å². The van der Waals surface area contributed by atoms with Gasteiger partial charge in [-0.05, 0) is 6.42 Å². The van der Waals surface area contributed by atoms with Gasteiger partial charge in [-0.3, -0.25) is 0 Å². The fourth-order valence-electron chi connectivity index (χ4n) is 1.58. The Kier molecular flexibility index (Phi) is 9.57. The predicted octanol–water partition coefficient (Wildman–Crippen LogP) is 4.31. The van der Waals surface area contributed by atoms with Crippen molar-refractivity contribution in [3.8, 4) is 0 Å². The maximum atomic E-state index is 6.03. The number of alkyl halides is 1. The van der Waals surface area contributed by atoms with Crippen LogP contribution >= 0.6 is 11.6 Å². The number of hydrogen-bond donors (Lipinski definition) is 0. The molecule has 0 atom stereocenters. The molecule has 3 heteroatoms. The summed E-state index contributed by atoms with van der Waals surface area (Å²) in [6.45, 7) is 2.24. The molecular weight excluding hydrogens is 212 g/mol. The first-order valence-corrected chi connectivity index (χ1v) is 6.35. The molecule has 0 spiro atoms. The van der Waals surface area contributed by atoms with E-state index in [1.807, 2.05) is 0 Å². The molecule has 0 rings (SSSR count). The summed E-state index contributed by atoms with van der Waals surface area (Å²) in [6, 6.07) is 0.